The highest BCUT2D eigenvalue weighted by Gasteiger charge is 2.23. The zero-order chi connectivity index (χ0) is 10.4. The van der Waals surface area contributed by atoms with E-state index in [1.807, 2.05) is 0 Å². The lowest BCUT2D eigenvalue weighted by molar-refractivity contribution is -0.143. The summed E-state index contributed by atoms with van der Waals surface area (Å²) in [5, 5.41) is 8.55. The third-order valence-corrected chi connectivity index (χ3v) is 1.18. The molecule has 0 rings (SSSR count). The van der Waals surface area contributed by atoms with Crippen LogP contribution < -0.4 is 0 Å². The Morgan fingerprint density at radius 1 is 0.923 bits per heavy atom. The first-order chi connectivity index (χ1) is 6.08. The Balaban J connectivity index is 5.05. The number of ether oxygens (including phenoxy) is 3. The SMILES string of the molecule is COC(=O)/C(OC)=C(/OC)C(=O)O. The molecule has 0 heterocycles. The van der Waals surface area contributed by atoms with Crippen LogP contribution in [0.2, 0.25) is 0 Å². The lowest BCUT2D eigenvalue weighted by Gasteiger charge is -2.07. The Morgan fingerprint density at radius 2 is 1.38 bits per heavy atom. The van der Waals surface area contributed by atoms with Gasteiger partial charge in [0.25, 0.3) is 11.5 Å². The molecule has 0 saturated heterocycles. The maximum absolute atomic E-state index is 10.9. The van der Waals surface area contributed by atoms with E-state index in [9.17, 15) is 9.59 Å². The summed E-state index contributed by atoms with van der Waals surface area (Å²) in [6.45, 7) is 0. The highest BCUT2D eigenvalue weighted by molar-refractivity contribution is 5.96. The summed E-state index contributed by atoms with van der Waals surface area (Å²) in [6.07, 6.45) is 0. The minimum absolute atomic E-state index is 0.475. The van der Waals surface area contributed by atoms with Crippen LogP contribution >= 0.6 is 0 Å². The van der Waals surface area contributed by atoms with Gasteiger partial charge in [-0.1, -0.05) is 0 Å². The number of hydrogen-bond donors (Lipinski definition) is 1. The average Bonchev–Trinajstić information content (AvgIpc) is 2.12. The topological polar surface area (TPSA) is 82.1 Å². The molecule has 1 N–H and O–H groups in total. The molecule has 0 aliphatic carbocycles. The van der Waals surface area contributed by atoms with Gasteiger partial charge in [0.1, 0.15) is 0 Å². The Hall–Kier alpha value is -1.72. The van der Waals surface area contributed by atoms with E-state index in [2.05, 4.69) is 14.2 Å². The number of hydrogen-bond acceptors (Lipinski definition) is 5. The summed E-state index contributed by atoms with van der Waals surface area (Å²) in [4.78, 5) is 21.4. The van der Waals surface area contributed by atoms with Gasteiger partial charge in [0.05, 0.1) is 21.3 Å². The second kappa shape index (κ2) is 5.02. The minimum atomic E-state index is -1.40. The van der Waals surface area contributed by atoms with Gasteiger partial charge in [0, 0.05) is 0 Å². The van der Waals surface area contributed by atoms with Gasteiger partial charge in [0.15, 0.2) is 0 Å². The molecule has 0 aliphatic rings. The normalized spacial score (nSPS) is 11.3. The van der Waals surface area contributed by atoms with E-state index in [1.54, 1.807) is 0 Å². The van der Waals surface area contributed by atoms with Crippen molar-refractivity contribution in [1.82, 2.24) is 0 Å². The smallest absolute Gasteiger partial charge is 0.377 e. The molecular weight excluding hydrogens is 180 g/mol. The molecule has 6 nitrogen and oxygen atoms in total. The van der Waals surface area contributed by atoms with Crippen LogP contribution in [0.25, 0.3) is 0 Å². The molecule has 74 valence electrons. The number of rotatable bonds is 4. The van der Waals surface area contributed by atoms with Crippen molar-refractivity contribution < 1.29 is 28.9 Å². The third-order valence-electron chi connectivity index (χ3n) is 1.18. The lowest BCUT2D eigenvalue weighted by atomic mass is 10.4. The van der Waals surface area contributed by atoms with Crippen LogP contribution in [0.15, 0.2) is 11.5 Å². The molecule has 0 aromatic rings. The number of carbonyl (C=O) groups is 2. The van der Waals surface area contributed by atoms with Crippen LogP contribution in [0.4, 0.5) is 0 Å². The standard InChI is InChI=1S/C7H10O6/c1-11-4(6(8)9)5(12-2)7(10)13-3/h1-3H3,(H,8,9)/b5-4-. The summed E-state index contributed by atoms with van der Waals surface area (Å²) in [7, 11) is 3.37. The second-order valence-electron chi connectivity index (χ2n) is 1.86. The van der Waals surface area contributed by atoms with Gasteiger partial charge in [-0.3, -0.25) is 0 Å². The Bertz CT molecular complexity index is 241. The monoisotopic (exact) mass is 190 g/mol. The quantitative estimate of drug-likeness (QED) is 0.374. The maximum atomic E-state index is 10.9. The Morgan fingerprint density at radius 3 is 1.62 bits per heavy atom. The fraction of sp³-hybridized carbons (Fsp3) is 0.429. The molecule has 6 heteroatoms. The van der Waals surface area contributed by atoms with Gasteiger partial charge >= 0.3 is 11.9 Å². The Kier molecular flexibility index (Phi) is 4.36. The van der Waals surface area contributed by atoms with E-state index in [0.29, 0.717) is 0 Å². The Labute approximate surface area is 74.7 Å². The first-order valence-electron chi connectivity index (χ1n) is 3.22. The second-order valence-corrected chi connectivity index (χ2v) is 1.86. The van der Waals surface area contributed by atoms with Gasteiger partial charge in [-0.25, -0.2) is 9.59 Å². The first kappa shape index (κ1) is 11.3. The average molecular weight is 190 g/mol. The van der Waals surface area contributed by atoms with E-state index in [1.165, 1.54) is 0 Å². The van der Waals surface area contributed by atoms with Crippen LogP contribution in [-0.2, 0) is 23.8 Å². The van der Waals surface area contributed by atoms with Crippen molar-refractivity contribution in [2.45, 2.75) is 0 Å². The predicted octanol–water partition coefficient (Wildman–Crippen LogP) is -0.252. The number of carboxylic acid groups (broad SMARTS) is 1. The molecule has 0 amide bonds. The fourth-order valence-corrected chi connectivity index (χ4v) is 0.639. The number of esters is 1. The van der Waals surface area contributed by atoms with E-state index in [-0.39, 0.29) is 0 Å². The molecule has 0 aromatic carbocycles. The minimum Gasteiger partial charge on any atom is -0.487 e. The largest absolute Gasteiger partial charge is 0.487 e. The van der Waals surface area contributed by atoms with Gasteiger partial charge in [-0.05, 0) is 0 Å². The number of methoxy groups -OCH3 is 3. The van der Waals surface area contributed by atoms with Gasteiger partial charge in [-0.15, -0.1) is 0 Å². The van der Waals surface area contributed by atoms with Gasteiger partial charge in [-0.2, -0.15) is 0 Å². The summed E-state index contributed by atoms with van der Waals surface area (Å²) >= 11 is 0. The molecule has 0 atom stereocenters. The maximum Gasteiger partial charge on any atom is 0.377 e. The molecule has 0 aliphatic heterocycles. The van der Waals surface area contributed by atoms with Crippen molar-refractivity contribution >= 4 is 11.9 Å². The molecule has 13 heavy (non-hydrogen) atoms. The van der Waals surface area contributed by atoms with Crippen molar-refractivity contribution in [1.29, 1.82) is 0 Å². The molecule has 0 saturated carbocycles. The number of aliphatic carboxylic acids is 1. The highest BCUT2D eigenvalue weighted by Crippen LogP contribution is 2.08. The summed E-state index contributed by atoms with van der Waals surface area (Å²) in [5.41, 5.74) is 0. The van der Waals surface area contributed by atoms with E-state index in [0.717, 1.165) is 21.3 Å². The molecule has 0 radical (unpaired) electrons. The zero-order valence-corrected chi connectivity index (χ0v) is 7.49. The lowest BCUT2D eigenvalue weighted by Crippen LogP contribution is -2.15. The molecule has 0 unspecified atom stereocenters. The van der Waals surface area contributed by atoms with Crippen molar-refractivity contribution in [3.63, 3.8) is 0 Å². The summed E-state index contributed by atoms with van der Waals surface area (Å²) < 4.78 is 13.2. The molecule has 0 spiro atoms. The molecule has 0 aromatic heterocycles. The molecular formula is C7H10O6. The molecule has 0 bridgehead atoms. The first-order valence-corrected chi connectivity index (χ1v) is 3.22. The van der Waals surface area contributed by atoms with Gasteiger partial charge < -0.3 is 19.3 Å². The van der Waals surface area contributed by atoms with Crippen molar-refractivity contribution in [2.75, 3.05) is 21.3 Å². The van der Waals surface area contributed by atoms with E-state index < -0.39 is 23.5 Å². The van der Waals surface area contributed by atoms with Crippen LogP contribution in [-0.4, -0.2) is 38.4 Å². The van der Waals surface area contributed by atoms with Crippen molar-refractivity contribution in [3.8, 4) is 0 Å². The highest BCUT2D eigenvalue weighted by atomic mass is 16.6. The predicted molar refractivity (Wildman–Crippen MR) is 40.7 cm³/mol. The number of carbonyl (C=O) groups excluding carboxylic acids is 1. The third kappa shape index (κ3) is 2.66. The van der Waals surface area contributed by atoms with Crippen LogP contribution in [0.3, 0.4) is 0 Å². The summed E-state index contributed by atoms with van der Waals surface area (Å²) in [5.74, 6) is -3.36. The van der Waals surface area contributed by atoms with E-state index >= 15 is 0 Å². The zero-order valence-electron chi connectivity index (χ0n) is 7.49. The van der Waals surface area contributed by atoms with Crippen LogP contribution in [0.1, 0.15) is 0 Å². The fourth-order valence-electron chi connectivity index (χ4n) is 0.639. The van der Waals surface area contributed by atoms with E-state index in [4.69, 9.17) is 5.11 Å². The van der Waals surface area contributed by atoms with Gasteiger partial charge in [0.2, 0.25) is 0 Å². The van der Waals surface area contributed by atoms with Crippen LogP contribution in [0.5, 0.6) is 0 Å². The van der Waals surface area contributed by atoms with Crippen molar-refractivity contribution in [3.05, 3.63) is 11.5 Å². The summed E-state index contributed by atoms with van der Waals surface area (Å²) in [6, 6.07) is 0. The van der Waals surface area contributed by atoms with Crippen LogP contribution in [0, 0.1) is 0 Å². The number of carboxylic acids is 1. The van der Waals surface area contributed by atoms with Crippen molar-refractivity contribution in [2.24, 2.45) is 0 Å². The molecule has 0 fully saturated rings.